The smallest absolute Gasteiger partial charge is 0.340 e. The van der Waals surface area contributed by atoms with E-state index in [0.29, 0.717) is 0 Å². The van der Waals surface area contributed by atoms with Crippen LogP contribution in [0.1, 0.15) is 239 Å². The highest BCUT2D eigenvalue weighted by molar-refractivity contribution is 5.82. The Morgan fingerprint density at radius 1 is 0.429 bits per heavy atom. The molecule has 0 rings (SSSR count). The minimum atomic E-state index is -1.51. The molecule has 0 aliphatic carbocycles. The summed E-state index contributed by atoms with van der Waals surface area (Å²) in [4.78, 5) is 23.9. The van der Waals surface area contributed by atoms with E-state index in [1.807, 2.05) is 12.2 Å². The van der Waals surface area contributed by atoms with Crippen molar-refractivity contribution in [3.05, 3.63) is 24.7 Å². The number of rotatable bonds is 39. The monoisotopic (exact) mass is 691 g/mol. The van der Waals surface area contributed by atoms with Gasteiger partial charge in [-0.1, -0.05) is 206 Å². The molecule has 0 amide bonds. The third-order valence-electron chi connectivity index (χ3n) is 9.66. The molecule has 0 aromatic carbocycles. The lowest BCUT2D eigenvalue weighted by Crippen LogP contribution is -2.25. The van der Waals surface area contributed by atoms with E-state index in [-0.39, 0.29) is 0 Å². The number of allylic oxidation sites excluding steroid dienone is 2. The van der Waals surface area contributed by atoms with Gasteiger partial charge in [0.05, 0.1) is 18.9 Å². The highest BCUT2D eigenvalue weighted by Crippen LogP contribution is 2.16. The van der Waals surface area contributed by atoms with Gasteiger partial charge in [0, 0.05) is 0 Å². The summed E-state index contributed by atoms with van der Waals surface area (Å²) in [6, 6.07) is 0. The molecular formula is C44H82O5. The number of hydrogen-bond acceptors (Lipinski definition) is 5. The maximum Gasteiger partial charge on any atom is 0.340 e. The van der Waals surface area contributed by atoms with Crippen molar-refractivity contribution in [3.63, 3.8) is 0 Å². The fourth-order valence-corrected chi connectivity index (χ4v) is 6.36. The van der Waals surface area contributed by atoms with Gasteiger partial charge in [-0.15, -0.1) is 0 Å². The maximum atomic E-state index is 12.0. The fourth-order valence-electron chi connectivity index (χ4n) is 6.36. The number of aliphatic hydroxyl groups excluding tert-OH is 1. The number of hydrogen-bond donors (Lipinski definition) is 1. The molecule has 0 fully saturated rings. The topological polar surface area (TPSA) is 72.8 Å². The van der Waals surface area contributed by atoms with Crippen LogP contribution in [0, 0.1) is 0 Å². The van der Waals surface area contributed by atoms with Gasteiger partial charge in [0.15, 0.2) is 6.10 Å². The number of ether oxygens (including phenoxy) is 2. The Kier molecular flexibility index (Phi) is 39.5. The number of aliphatic hydroxyl groups is 1. The van der Waals surface area contributed by atoms with E-state index in [1.54, 1.807) is 0 Å². The van der Waals surface area contributed by atoms with E-state index in [1.165, 1.54) is 205 Å². The van der Waals surface area contributed by atoms with E-state index >= 15 is 0 Å². The van der Waals surface area contributed by atoms with Crippen molar-refractivity contribution in [1.29, 1.82) is 0 Å². The molecule has 0 heterocycles. The zero-order valence-corrected chi connectivity index (χ0v) is 32.7. The van der Waals surface area contributed by atoms with Gasteiger partial charge < -0.3 is 14.6 Å². The number of carbonyl (C=O) groups is 2. The minimum Gasteiger partial charge on any atom is -0.435 e. The van der Waals surface area contributed by atoms with Gasteiger partial charge in [-0.2, -0.15) is 0 Å². The Balaban J connectivity index is 3.48. The van der Waals surface area contributed by atoms with Crippen molar-refractivity contribution in [1.82, 2.24) is 0 Å². The van der Waals surface area contributed by atoms with Crippen LogP contribution >= 0.6 is 0 Å². The molecule has 0 radical (unpaired) electrons. The number of carbonyl (C=O) groups excluding carboxylic acids is 2. The molecule has 0 aromatic rings. The summed E-state index contributed by atoms with van der Waals surface area (Å²) < 4.78 is 10.0. The zero-order valence-electron chi connectivity index (χ0n) is 32.7. The molecule has 1 atom stereocenters. The predicted molar refractivity (Wildman–Crippen MR) is 209 cm³/mol. The third-order valence-corrected chi connectivity index (χ3v) is 9.66. The first-order valence-corrected chi connectivity index (χ1v) is 21.5. The Bertz CT molecular complexity index is 746. The summed E-state index contributed by atoms with van der Waals surface area (Å²) >= 11 is 0. The van der Waals surface area contributed by atoms with Crippen LogP contribution in [0.4, 0.5) is 0 Å². The summed E-state index contributed by atoms with van der Waals surface area (Å²) in [7, 11) is 0. The third kappa shape index (κ3) is 39.0. The van der Waals surface area contributed by atoms with Crippen molar-refractivity contribution < 1.29 is 24.2 Å². The van der Waals surface area contributed by atoms with Crippen LogP contribution in [-0.2, 0) is 19.1 Å². The van der Waals surface area contributed by atoms with Crippen LogP contribution < -0.4 is 0 Å². The summed E-state index contributed by atoms with van der Waals surface area (Å²) in [6.07, 6.45) is 49.2. The largest absolute Gasteiger partial charge is 0.435 e. The van der Waals surface area contributed by atoms with Gasteiger partial charge in [0.25, 0.3) is 0 Å². The first-order valence-electron chi connectivity index (χ1n) is 21.5. The highest BCUT2D eigenvalue weighted by atomic mass is 16.5. The lowest BCUT2D eigenvalue weighted by molar-refractivity contribution is -0.153. The minimum absolute atomic E-state index is 0.408. The van der Waals surface area contributed by atoms with Crippen LogP contribution in [0.3, 0.4) is 0 Å². The molecule has 5 heteroatoms. The second kappa shape index (κ2) is 40.8. The van der Waals surface area contributed by atoms with E-state index in [4.69, 9.17) is 9.47 Å². The molecule has 0 aliphatic rings. The van der Waals surface area contributed by atoms with Gasteiger partial charge in [-0.05, 0) is 37.8 Å². The van der Waals surface area contributed by atoms with Gasteiger partial charge >= 0.3 is 11.9 Å². The molecule has 0 spiro atoms. The molecule has 5 nitrogen and oxygen atoms in total. The quantitative estimate of drug-likeness (QED) is 0.0395. The standard InChI is InChI=1S/C44H82O5/c1-3-5-7-9-11-13-15-17-19-21-23-25-27-29-31-33-35-37-39-48-43(46)41-42(45)44(47)49-40-38-36-34-32-30-28-26-24-22-20-18-16-14-12-10-8-6-4-2/h37-40,42,45H,3-36,41H2,1-2H3/b39-37+,40-38+. The Hall–Kier alpha value is -1.62. The summed E-state index contributed by atoms with van der Waals surface area (Å²) in [5, 5.41) is 9.96. The molecule has 1 unspecified atom stereocenters. The second-order valence-electron chi connectivity index (χ2n) is 14.6. The number of unbranched alkanes of at least 4 members (excludes halogenated alkanes) is 32. The van der Waals surface area contributed by atoms with Gasteiger partial charge in [0.1, 0.15) is 0 Å². The molecule has 1 N–H and O–H groups in total. The molecule has 0 saturated carbocycles. The van der Waals surface area contributed by atoms with Gasteiger partial charge in [0.2, 0.25) is 0 Å². The SMILES string of the molecule is CCCCCCCCCCCCCCCCCC/C=C/OC(=O)CC(O)C(=O)O/C=C/CCCCCCCCCCCCCCCCCC. The van der Waals surface area contributed by atoms with Crippen LogP contribution in [0.2, 0.25) is 0 Å². The highest BCUT2D eigenvalue weighted by Gasteiger charge is 2.20. The fraction of sp³-hybridized carbons (Fsp3) is 0.864. The molecule has 49 heavy (non-hydrogen) atoms. The van der Waals surface area contributed by atoms with Crippen molar-refractivity contribution in [2.75, 3.05) is 0 Å². The van der Waals surface area contributed by atoms with Crippen molar-refractivity contribution in [2.24, 2.45) is 0 Å². The van der Waals surface area contributed by atoms with Crippen molar-refractivity contribution >= 4 is 11.9 Å². The first-order chi connectivity index (χ1) is 24.1. The molecular weight excluding hydrogens is 608 g/mol. The lowest BCUT2D eigenvalue weighted by Gasteiger charge is -2.06. The average Bonchev–Trinajstić information content (AvgIpc) is 3.10. The predicted octanol–water partition coefficient (Wildman–Crippen LogP) is 14.2. The maximum absolute atomic E-state index is 12.0. The lowest BCUT2D eigenvalue weighted by atomic mass is 10.0. The summed E-state index contributed by atoms with van der Waals surface area (Å²) in [6.45, 7) is 4.55. The summed E-state index contributed by atoms with van der Waals surface area (Å²) in [5.41, 5.74) is 0. The second-order valence-corrected chi connectivity index (χ2v) is 14.6. The Morgan fingerprint density at radius 3 is 1.00 bits per heavy atom. The van der Waals surface area contributed by atoms with E-state index in [0.717, 1.165) is 25.7 Å². The van der Waals surface area contributed by atoms with Crippen LogP contribution in [0.25, 0.3) is 0 Å². The Morgan fingerprint density at radius 2 is 0.694 bits per heavy atom. The molecule has 0 aliphatic heterocycles. The number of esters is 2. The molecule has 0 saturated heterocycles. The molecule has 288 valence electrons. The first kappa shape index (κ1) is 47.4. The van der Waals surface area contributed by atoms with Crippen LogP contribution in [-0.4, -0.2) is 23.1 Å². The van der Waals surface area contributed by atoms with Crippen molar-refractivity contribution in [3.8, 4) is 0 Å². The van der Waals surface area contributed by atoms with Gasteiger partial charge in [-0.25, -0.2) is 4.79 Å². The Labute approximate surface area is 304 Å². The van der Waals surface area contributed by atoms with Gasteiger partial charge in [-0.3, -0.25) is 4.79 Å². The van der Waals surface area contributed by atoms with Crippen LogP contribution in [0.5, 0.6) is 0 Å². The normalized spacial score (nSPS) is 12.3. The average molecular weight is 691 g/mol. The molecule has 0 bridgehead atoms. The van der Waals surface area contributed by atoms with E-state index in [2.05, 4.69) is 13.8 Å². The molecule has 0 aromatic heterocycles. The van der Waals surface area contributed by atoms with Crippen LogP contribution in [0.15, 0.2) is 24.7 Å². The van der Waals surface area contributed by atoms with Crippen molar-refractivity contribution in [2.45, 2.75) is 245 Å². The van der Waals surface area contributed by atoms with E-state index < -0.39 is 24.5 Å². The summed E-state index contributed by atoms with van der Waals surface area (Å²) in [5.74, 6) is -1.46. The zero-order chi connectivity index (χ0) is 35.7. The van der Waals surface area contributed by atoms with E-state index in [9.17, 15) is 14.7 Å².